The molecule has 1 aromatic rings. The van der Waals surface area contributed by atoms with Crippen molar-refractivity contribution in [2.75, 3.05) is 54.4 Å². The maximum atomic E-state index is 13.4. The molecule has 262 valence electrons. The van der Waals surface area contributed by atoms with Crippen molar-refractivity contribution >= 4 is 11.6 Å². The molecule has 48 heavy (non-hydrogen) atoms. The number of aliphatic hydroxyl groups excluding tert-OH is 1. The van der Waals surface area contributed by atoms with Crippen molar-refractivity contribution < 1.29 is 14.7 Å². The molecule has 1 saturated heterocycles. The summed E-state index contributed by atoms with van der Waals surface area (Å²) < 4.78 is 0. The number of hydrogen-bond donors (Lipinski definition) is 1. The van der Waals surface area contributed by atoms with E-state index >= 15 is 0 Å². The molecule has 2 aliphatic heterocycles. The summed E-state index contributed by atoms with van der Waals surface area (Å²) in [6, 6.07) is 10.2. The predicted molar refractivity (Wildman–Crippen MR) is 192 cm³/mol. The van der Waals surface area contributed by atoms with E-state index in [1.165, 1.54) is 5.56 Å². The Kier molecular flexibility index (Phi) is 12.5. The fourth-order valence-electron chi connectivity index (χ4n) is 6.57. The Morgan fingerprint density at radius 3 is 2.35 bits per heavy atom. The highest BCUT2D eigenvalue weighted by atomic mass is 16.6. The van der Waals surface area contributed by atoms with Crippen LogP contribution in [-0.4, -0.2) is 125 Å². The highest BCUT2D eigenvalue weighted by Crippen LogP contribution is 2.33. The van der Waals surface area contributed by atoms with Gasteiger partial charge in [-0.2, -0.15) is 5.26 Å². The van der Waals surface area contributed by atoms with Gasteiger partial charge in [-0.15, -0.1) is 0 Å². The van der Waals surface area contributed by atoms with Crippen LogP contribution in [-0.2, 0) is 16.2 Å². The predicted octanol–water partition coefficient (Wildman–Crippen LogP) is 4.44. The van der Waals surface area contributed by atoms with Gasteiger partial charge in [-0.1, -0.05) is 42.1 Å². The molecule has 1 N–H and O–H groups in total. The van der Waals surface area contributed by atoms with Gasteiger partial charge in [-0.3, -0.25) is 9.69 Å². The van der Waals surface area contributed by atoms with Crippen LogP contribution in [0.15, 0.2) is 65.6 Å². The summed E-state index contributed by atoms with van der Waals surface area (Å²) >= 11 is 0. The second kappa shape index (κ2) is 16.2. The monoisotopic (exact) mass is 659 g/mol. The maximum Gasteiger partial charge on any atom is 0.248 e. The molecule has 2 heterocycles. The largest absolute Gasteiger partial charge is 0.393 e. The third-order valence-electron chi connectivity index (χ3n) is 9.99. The van der Waals surface area contributed by atoms with Crippen LogP contribution in [0.1, 0.15) is 64.5 Å². The van der Waals surface area contributed by atoms with Crippen LogP contribution < -0.4 is 0 Å². The van der Waals surface area contributed by atoms with Crippen molar-refractivity contribution in [3.05, 3.63) is 71.6 Å². The molecular formula is C38H57N7O3. The molecule has 2 fully saturated rings. The molecule has 3 aliphatic rings. The molecule has 1 aromatic carbocycles. The number of likely N-dealkylation sites (N-methyl/N-ethyl adjacent to an activating group) is 4. The van der Waals surface area contributed by atoms with Gasteiger partial charge in [0.1, 0.15) is 11.6 Å². The van der Waals surface area contributed by atoms with E-state index in [9.17, 15) is 15.2 Å². The zero-order valence-corrected chi connectivity index (χ0v) is 30.4. The van der Waals surface area contributed by atoms with E-state index in [0.717, 1.165) is 56.8 Å². The average Bonchev–Trinajstić information content (AvgIpc) is 3.24. The third-order valence-corrected chi connectivity index (χ3v) is 9.99. The van der Waals surface area contributed by atoms with Gasteiger partial charge < -0.3 is 29.5 Å². The normalized spacial score (nSPS) is 29.0. The average molecular weight is 660 g/mol. The molecule has 1 amide bonds. The number of benzene rings is 1. The van der Waals surface area contributed by atoms with Crippen LogP contribution in [0.3, 0.4) is 0 Å². The zero-order valence-electron chi connectivity index (χ0n) is 30.4. The van der Waals surface area contributed by atoms with Crippen LogP contribution in [0.5, 0.6) is 0 Å². The van der Waals surface area contributed by atoms with Crippen molar-refractivity contribution in [1.82, 2.24) is 24.5 Å². The second-order valence-corrected chi connectivity index (χ2v) is 14.9. The van der Waals surface area contributed by atoms with Gasteiger partial charge in [0.2, 0.25) is 5.91 Å². The number of oxime groups is 1. The highest BCUT2D eigenvalue weighted by molar-refractivity contribution is 6.02. The fraction of sp³-hybridized carbons (Fsp3) is 0.605. The van der Waals surface area contributed by atoms with E-state index in [0.29, 0.717) is 24.2 Å². The third kappa shape index (κ3) is 9.71. The summed E-state index contributed by atoms with van der Waals surface area (Å²) in [6.45, 7) is 17.5. The first-order valence-electron chi connectivity index (χ1n) is 17.3. The number of nitrogens with zero attached hydrogens (tertiary/aromatic N) is 7. The lowest BCUT2D eigenvalue weighted by atomic mass is 9.89. The summed E-state index contributed by atoms with van der Waals surface area (Å²) in [4.78, 5) is 29.8. The number of carbonyl (C=O) groups is 1. The van der Waals surface area contributed by atoms with E-state index in [1.807, 2.05) is 58.8 Å². The molecule has 10 heteroatoms. The number of hydrogen-bond acceptors (Lipinski definition) is 9. The van der Waals surface area contributed by atoms with Crippen LogP contribution in [0.25, 0.3) is 0 Å². The lowest BCUT2D eigenvalue weighted by Gasteiger charge is -2.37. The van der Waals surface area contributed by atoms with Gasteiger partial charge in [-0.25, -0.2) is 0 Å². The molecule has 0 bridgehead atoms. The van der Waals surface area contributed by atoms with Crippen LogP contribution >= 0.6 is 0 Å². The molecular weight excluding hydrogens is 602 g/mol. The Labute approximate surface area is 288 Å². The Morgan fingerprint density at radius 2 is 1.73 bits per heavy atom. The van der Waals surface area contributed by atoms with Crippen LogP contribution in [0, 0.1) is 17.2 Å². The molecule has 1 saturated carbocycles. The SMILES string of the molecule is C=C1/C(N(C)[C@@H]2CC[C@H](/C(=N/OC(C)(C)C)c3ccc(CN4CCN(C)CC4)cc3)CC(O)C2)=C\C(=O)N(C)C(C)/C=C\C(C#N)N1C. The van der Waals surface area contributed by atoms with Gasteiger partial charge in [-0.05, 0) is 77.6 Å². The van der Waals surface area contributed by atoms with Crippen molar-refractivity contribution in [2.24, 2.45) is 11.1 Å². The number of amides is 1. The maximum absolute atomic E-state index is 13.4. The zero-order chi connectivity index (χ0) is 35.2. The van der Waals surface area contributed by atoms with Gasteiger partial charge in [0.05, 0.1) is 29.3 Å². The van der Waals surface area contributed by atoms with E-state index in [1.54, 1.807) is 18.0 Å². The van der Waals surface area contributed by atoms with Crippen LogP contribution in [0.2, 0.25) is 0 Å². The summed E-state index contributed by atoms with van der Waals surface area (Å²) in [5, 5.41) is 26.1. The topological polar surface area (TPSA) is 98.9 Å². The number of rotatable bonds is 7. The fourth-order valence-corrected chi connectivity index (χ4v) is 6.57. The lowest BCUT2D eigenvalue weighted by Crippen LogP contribution is -2.43. The highest BCUT2D eigenvalue weighted by Gasteiger charge is 2.33. The minimum atomic E-state index is -0.583. The molecule has 4 rings (SSSR count). The lowest BCUT2D eigenvalue weighted by molar-refractivity contribution is -0.125. The molecule has 0 aromatic heterocycles. The number of aliphatic hydroxyl groups is 1. The second-order valence-electron chi connectivity index (χ2n) is 14.9. The van der Waals surface area contributed by atoms with E-state index in [4.69, 9.17) is 9.99 Å². The molecule has 0 spiro atoms. The minimum absolute atomic E-state index is 0.0187. The minimum Gasteiger partial charge on any atom is -0.393 e. The first kappa shape index (κ1) is 37.2. The molecule has 0 radical (unpaired) electrons. The van der Waals surface area contributed by atoms with Crippen molar-refractivity contribution in [2.45, 2.75) is 89.8 Å². The van der Waals surface area contributed by atoms with E-state index < -0.39 is 17.7 Å². The number of nitriles is 1. The quantitative estimate of drug-likeness (QED) is 0.199. The van der Waals surface area contributed by atoms with E-state index in [2.05, 4.69) is 58.7 Å². The Balaban J connectivity index is 1.57. The first-order valence-corrected chi connectivity index (χ1v) is 17.3. The Bertz CT molecular complexity index is 1400. The van der Waals surface area contributed by atoms with Gasteiger partial charge in [0, 0.05) is 77.9 Å². The summed E-state index contributed by atoms with van der Waals surface area (Å²) in [7, 11) is 7.72. The van der Waals surface area contributed by atoms with Crippen molar-refractivity contribution in [3.8, 4) is 6.07 Å². The van der Waals surface area contributed by atoms with E-state index in [-0.39, 0.29) is 23.9 Å². The molecule has 5 atom stereocenters. The first-order chi connectivity index (χ1) is 22.7. The summed E-state index contributed by atoms with van der Waals surface area (Å²) in [5.41, 5.74) is 3.91. The Hall–Kier alpha value is -3.65. The van der Waals surface area contributed by atoms with Crippen molar-refractivity contribution in [3.63, 3.8) is 0 Å². The van der Waals surface area contributed by atoms with Crippen molar-refractivity contribution in [1.29, 1.82) is 5.26 Å². The van der Waals surface area contributed by atoms with Gasteiger partial charge >= 0.3 is 0 Å². The molecule has 3 unspecified atom stereocenters. The van der Waals surface area contributed by atoms with Gasteiger partial charge in [0.15, 0.2) is 0 Å². The van der Waals surface area contributed by atoms with Gasteiger partial charge in [0.25, 0.3) is 0 Å². The summed E-state index contributed by atoms with van der Waals surface area (Å²) in [6.07, 6.45) is 7.37. The van der Waals surface area contributed by atoms with Crippen LogP contribution in [0.4, 0.5) is 0 Å². The Morgan fingerprint density at radius 1 is 1.06 bits per heavy atom. The smallest absolute Gasteiger partial charge is 0.248 e. The molecule has 1 aliphatic carbocycles. The molecule has 10 nitrogen and oxygen atoms in total. The number of carbonyl (C=O) groups excluding carboxylic acids is 1. The summed E-state index contributed by atoms with van der Waals surface area (Å²) in [5.74, 6) is -0.161. The number of piperazine rings is 1. The standard InChI is InChI=1S/C38H57N7O3/c1-27-10-16-33(25-39)43(8)28(2)35(24-36(47)42(27)7)44(9)32-17-15-31(22-34(46)23-32)37(40-48-38(3,4)5)30-13-11-29(12-14-30)26-45-20-18-41(6)19-21-45/h10-14,16,24,27,31-34,46H,2,15,17-23,26H2,1,3-9H3/b16-10-,35-24+,40-37+/t27?,31-,32+,33?,34?/m0/s1.